The lowest BCUT2D eigenvalue weighted by atomic mass is 10.2. The summed E-state index contributed by atoms with van der Waals surface area (Å²) in [5, 5.41) is 3.04. The normalized spacial score (nSPS) is 12.7. The van der Waals surface area contributed by atoms with Crippen LogP contribution in [0.25, 0.3) is 0 Å². The van der Waals surface area contributed by atoms with Gasteiger partial charge in [-0.3, -0.25) is 9.59 Å². The van der Waals surface area contributed by atoms with Gasteiger partial charge >= 0.3 is 5.97 Å². The number of nitrogens with zero attached hydrogens (tertiary/aromatic N) is 4. The van der Waals surface area contributed by atoms with Crippen LogP contribution in [0.1, 0.15) is 17.8 Å². The zero-order chi connectivity index (χ0) is 22.5. The van der Waals surface area contributed by atoms with Crippen LogP contribution in [0.15, 0.2) is 48.5 Å². The third-order valence-corrected chi connectivity index (χ3v) is 4.72. The zero-order valence-corrected chi connectivity index (χ0v) is 17.4. The average Bonchev–Trinajstić information content (AvgIpc) is 2.78. The van der Waals surface area contributed by atoms with E-state index in [-0.39, 0.29) is 49.8 Å². The van der Waals surface area contributed by atoms with Gasteiger partial charge in [-0.25, -0.2) is 0 Å². The van der Waals surface area contributed by atoms with Crippen LogP contribution in [-0.2, 0) is 20.9 Å². The number of nitrogen functional groups attached to an aromatic ring is 1. The summed E-state index contributed by atoms with van der Waals surface area (Å²) in [6.45, 7) is 1.94. The third kappa shape index (κ3) is 5.09. The maximum Gasteiger partial charge on any atom is 0.308 e. The number of hydrogen-bond acceptors (Lipinski definition) is 9. The van der Waals surface area contributed by atoms with Crippen LogP contribution in [0, 0.1) is 6.92 Å². The SMILES string of the molecule is Cc1ccc(Nc2nc(N)nc(COC(=O)CCN3C(=O)COc4ccccc43)n2)cc1. The molecule has 2 heterocycles. The summed E-state index contributed by atoms with van der Waals surface area (Å²) in [6.07, 6.45) is 0.00904. The Balaban J connectivity index is 1.33. The summed E-state index contributed by atoms with van der Waals surface area (Å²) in [6, 6.07) is 14.9. The van der Waals surface area contributed by atoms with Gasteiger partial charge in [0.05, 0.1) is 12.1 Å². The molecule has 164 valence electrons. The van der Waals surface area contributed by atoms with Crippen molar-refractivity contribution in [2.75, 3.05) is 29.1 Å². The minimum absolute atomic E-state index is 0.00904. The van der Waals surface area contributed by atoms with E-state index in [1.807, 2.05) is 37.3 Å². The van der Waals surface area contributed by atoms with Gasteiger partial charge in [-0.15, -0.1) is 0 Å². The molecule has 32 heavy (non-hydrogen) atoms. The van der Waals surface area contributed by atoms with Crippen molar-refractivity contribution in [2.24, 2.45) is 0 Å². The first-order chi connectivity index (χ1) is 15.5. The molecule has 3 N–H and O–H groups in total. The molecule has 0 radical (unpaired) electrons. The Morgan fingerprint density at radius 1 is 1.16 bits per heavy atom. The molecule has 10 heteroatoms. The molecule has 0 saturated carbocycles. The van der Waals surface area contributed by atoms with E-state index in [1.54, 1.807) is 18.2 Å². The second-order valence-corrected chi connectivity index (χ2v) is 7.14. The monoisotopic (exact) mass is 434 g/mol. The molecule has 0 unspecified atom stereocenters. The number of rotatable bonds is 7. The minimum atomic E-state index is -0.492. The van der Waals surface area contributed by atoms with Gasteiger partial charge in [0, 0.05) is 12.2 Å². The molecule has 1 aromatic heterocycles. The van der Waals surface area contributed by atoms with Gasteiger partial charge in [0.1, 0.15) is 5.75 Å². The standard InChI is InChI=1S/C22H22N6O4/c1-14-6-8-15(9-7-14)24-22-26-18(25-21(23)27-22)12-32-20(30)10-11-28-16-4-2-3-5-17(16)31-13-19(28)29/h2-9H,10-13H2,1H3,(H3,23,24,25,26,27). The second kappa shape index (κ2) is 9.29. The highest BCUT2D eigenvalue weighted by Gasteiger charge is 2.25. The smallest absolute Gasteiger partial charge is 0.308 e. The predicted octanol–water partition coefficient (Wildman–Crippen LogP) is 2.36. The number of esters is 1. The highest BCUT2D eigenvalue weighted by atomic mass is 16.5. The van der Waals surface area contributed by atoms with Crippen LogP contribution >= 0.6 is 0 Å². The van der Waals surface area contributed by atoms with Gasteiger partial charge < -0.3 is 25.4 Å². The van der Waals surface area contributed by atoms with Crippen LogP contribution in [0.2, 0.25) is 0 Å². The highest BCUT2D eigenvalue weighted by molar-refractivity contribution is 5.98. The number of ether oxygens (including phenoxy) is 2. The Morgan fingerprint density at radius 2 is 1.94 bits per heavy atom. The summed E-state index contributed by atoms with van der Waals surface area (Å²) >= 11 is 0. The van der Waals surface area contributed by atoms with Crippen molar-refractivity contribution in [3.05, 3.63) is 59.9 Å². The zero-order valence-electron chi connectivity index (χ0n) is 17.4. The number of nitrogens with two attached hydrogens (primary N) is 1. The van der Waals surface area contributed by atoms with E-state index in [9.17, 15) is 9.59 Å². The lowest BCUT2D eigenvalue weighted by molar-refractivity contribution is -0.145. The van der Waals surface area contributed by atoms with Crippen LogP contribution in [0.5, 0.6) is 5.75 Å². The number of aryl methyl sites for hydroxylation is 1. The molecule has 0 fully saturated rings. The molecular weight excluding hydrogens is 412 g/mol. The van der Waals surface area contributed by atoms with E-state index < -0.39 is 5.97 Å². The lowest BCUT2D eigenvalue weighted by Gasteiger charge is -2.28. The number of benzene rings is 2. The van der Waals surface area contributed by atoms with Crippen molar-refractivity contribution in [1.82, 2.24) is 15.0 Å². The van der Waals surface area contributed by atoms with Gasteiger partial charge in [-0.05, 0) is 31.2 Å². The number of amides is 1. The number of carbonyl (C=O) groups is 2. The van der Waals surface area contributed by atoms with Crippen LogP contribution in [0.3, 0.4) is 0 Å². The summed E-state index contributed by atoms with van der Waals surface area (Å²) in [4.78, 5) is 38.3. The van der Waals surface area contributed by atoms with Crippen molar-refractivity contribution in [3.63, 3.8) is 0 Å². The van der Waals surface area contributed by atoms with Crippen molar-refractivity contribution in [3.8, 4) is 5.75 Å². The molecule has 0 atom stereocenters. The first kappa shape index (κ1) is 21.0. The fourth-order valence-electron chi connectivity index (χ4n) is 3.14. The third-order valence-electron chi connectivity index (χ3n) is 4.72. The molecule has 10 nitrogen and oxygen atoms in total. The lowest BCUT2D eigenvalue weighted by Crippen LogP contribution is -2.40. The molecule has 2 aromatic carbocycles. The number of anilines is 4. The average molecular weight is 434 g/mol. The molecule has 0 spiro atoms. The minimum Gasteiger partial charge on any atom is -0.482 e. The van der Waals surface area contributed by atoms with E-state index in [0.717, 1.165) is 11.3 Å². The number of fused-ring (bicyclic) bond motifs is 1. The molecule has 3 aromatic rings. The van der Waals surface area contributed by atoms with E-state index in [4.69, 9.17) is 15.2 Å². The number of nitrogens with one attached hydrogen (secondary N) is 1. The fraction of sp³-hybridized carbons (Fsp3) is 0.227. The maximum absolute atomic E-state index is 12.3. The van der Waals surface area contributed by atoms with Crippen molar-refractivity contribution in [2.45, 2.75) is 20.0 Å². The van der Waals surface area contributed by atoms with Crippen molar-refractivity contribution < 1.29 is 19.1 Å². The van der Waals surface area contributed by atoms with Crippen LogP contribution in [0.4, 0.5) is 23.3 Å². The summed E-state index contributed by atoms with van der Waals surface area (Å²) in [5.74, 6) is 0.379. The molecule has 0 bridgehead atoms. The number of para-hydroxylation sites is 2. The number of hydrogen-bond donors (Lipinski definition) is 2. The quantitative estimate of drug-likeness (QED) is 0.538. The van der Waals surface area contributed by atoms with Gasteiger partial charge in [0.2, 0.25) is 11.9 Å². The highest BCUT2D eigenvalue weighted by Crippen LogP contribution is 2.31. The maximum atomic E-state index is 12.3. The summed E-state index contributed by atoms with van der Waals surface area (Å²) < 4.78 is 10.7. The summed E-state index contributed by atoms with van der Waals surface area (Å²) in [7, 11) is 0. The number of aromatic nitrogens is 3. The predicted molar refractivity (Wildman–Crippen MR) is 117 cm³/mol. The number of carbonyl (C=O) groups excluding carboxylic acids is 2. The van der Waals surface area contributed by atoms with Crippen molar-refractivity contribution in [1.29, 1.82) is 0 Å². The Hall–Kier alpha value is -4.21. The topological polar surface area (TPSA) is 133 Å². The molecule has 1 amide bonds. The first-order valence-corrected chi connectivity index (χ1v) is 10.00. The van der Waals surface area contributed by atoms with E-state index in [2.05, 4.69) is 20.3 Å². The second-order valence-electron chi connectivity index (χ2n) is 7.14. The van der Waals surface area contributed by atoms with Crippen LogP contribution in [-0.4, -0.2) is 40.0 Å². The van der Waals surface area contributed by atoms with E-state index >= 15 is 0 Å². The summed E-state index contributed by atoms with van der Waals surface area (Å²) in [5.41, 5.74) is 8.31. The first-order valence-electron chi connectivity index (χ1n) is 10.00. The van der Waals surface area contributed by atoms with Gasteiger partial charge in [0.15, 0.2) is 19.0 Å². The van der Waals surface area contributed by atoms with Crippen molar-refractivity contribution >= 4 is 35.1 Å². The Kier molecular flexibility index (Phi) is 6.11. The van der Waals surface area contributed by atoms with Gasteiger partial charge in [-0.1, -0.05) is 29.8 Å². The van der Waals surface area contributed by atoms with Crippen LogP contribution < -0.4 is 20.7 Å². The van der Waals surface area contributed by atoms with E-state index in [0.29, 0.717) is 11.4 Å². The Labute approximate surface area is 184 Å². The molecule has 0 saturated heterocycles. The molecule has 1 aliphatic rings. The molecular formula is C22H22N6O4. The molecule has 1 aliphatic heterocycles. The van der Waals surface area contributed by atoms with Gasteiger partial charge in [-0.2, -0.15) is 15.0 Å². The Bertz CT molecular complexity index is 1140. The van der Waals surface area contributed by atoms with E-state index in [1.165, 1.54) is 4.90 Å². The molecule has 0 aliphatic carbocycles. The van der Waals surface area contributed by atoms with Gasteiger partial charge in [0.25, 0.3) is 5.91 Å². The Morgan fingerprint density at radius 3 is 2.75 bits per heavy atom. The molecule has 4 rings (SSSR count). The largest absolute Gasteiger partial charge is 0.482 e. The fourth-order valence-corrected chi connectivity index (χ4v) is 3.14.